The molecule has 0 aliphatic heterocycles. The first-order valence-electron chi connectivity index (χ1n) is 6.71. The van der Waals surface area contributed by atoms with E-state index in [0.717, 1.165) is 5.56 Å². The van der Waals surface area contributed by atoms with Crippen LogP contribution in [0, 0.1) is 0 Å². The number of ketones is 1. The predicted octanol–water partition coefficient (Wildman–Crippen LogP) is 2.41. The highest BCUT2D eigenvalue weighted by atomic mass is 16.4. The van der Waals surface area contributed by atoms with E-state index in [4.69, 9.17) is 0 Å². The Labute approximate surface area is 121 Å². The number of aromatic carboxylic acids is 1. The van der Waals surface area contributed by atoms with Gasteiger partial charge in [-0.05, 0) is 42.0 Å². The number of hydrogen-bond acceptors (Lipinski definition) is 3. The van der Waals surface area contributed by atoms with Gasteiger partial charge in [0, 0.05) is 6.07 Å². The van der Waals surface area contributed by atoms with Gasteiger partial charge in [0.15, 0.2) is 0 Å². The average molecular weight is 287 g/mol. The smallest absolute Gasteiger partial charge is 0.335 e. The lowest BCUT2D eigenvalue weighted by atomic mass is 9.96. The van der Waals surface area contributed by atoms with Gasteiger partial charge in [-0.2, -0.15) is 0 Å². The molecule has 110 valence electrons. The molecule has 1 aromatic heterocycles. The number of rotatable bonds is 4. The van der Waals surface area contributed by atoms with Gasteiger partial charge in [-0.15, -0.1) is 0 Å². The van der Waals surface area contributed by atoms with Crippen LogP contribution in [0.1, 0.15) is 42.6 Å². The van der Waals surface area contributed by atoms with Crippen molar-refractivity contribution in [2.75, 3.05) is 0 Å². The summed E-state index contributed by atoms with van der Waals surface area (Å²) in [5.41, 5.74) is 1.31. The van der Waals surface area contributed by atoms with Gasteiger partial charge in [0.05, 0.1) is 17.6 Å². The van der Waals surface area contributed by atoms with Crippen molar-refractivity contribution in [3.8, 4) is 0 Å². The van der Waals surface area contributed by atoms with Crippen LogP contribution in [-0.4, -0.2) is 21.4 Å². The highest BCUT2D eigenvalue weighted by Gasteiger charge is 2.15. The molecule has 0 bridgehead atoms. The Morgan fingerprint density at radius 1 is 1.24 bits per heavy atom. The second-order valence-corrected chi connectivity index (χ2v) is 5.42. The van der Waals surface area contributed by atoms with Crippen LogP contribution >= 0.6 is 0 Å². The first-order valence-corrected chi connectivity index (χ1v) is 6.71. The molecule has 0 aliphatic carbocycles. The Bertz CT molecular complexity index is 787. The molecule has 0 saturated heterocycles. The zero-order valence-electron chi connectivity index (χ0n) is 12.2. The van der Waals surface area contributed by atoms with E-state index in [2.05, 4.69) is 0 Å². The normalized spacial score (nSPS) is 11.0. The molecular formula is C16H17NO4. The number of nitrogens with zero attached hydrogens (tertiary/aromatic N) is 1. The number of benzene rings is 1. The summed E-state index contributed by atoms with van der Waals surface area (Å²) in [5, 5.41) is 9.85. The van der Waals surface area contributed by atoms with Crippen molar-refractivity contribution in [3.63, 3.8) is 0 Å². The summed E-state index contributed by atoms with van der Waals surface area (Å²) in [5.74, 6) is -1.10. The highest BCUT2D eigenvalue weighted by molar-refractivity contribution is 5.95. The number of carboxylic acids is 1. The summed E-state index contributed by atoms with van der Waals surface area (Å²) in [6, 6.07) is 6.07. The summed E-state index contributed by atoms with van der Waals surface area (Å²) < 4.78 is 1.42. The van der Waals surface area contributed by atoms with E-state index < -0.39 is 5.97 Å². The topological polar surface area (TPSA) is 76.4 Å². The molecule has 0 amide bonds. The summed E-state index contributed by atoms with van der Waals surface area (Å²) in [4.78, 5) is 34.7. The second kappa shape index (κ2) is 5.52. The zero-order chi connectivity index (χ0) is 15.7. The molecule has 0 radical (unpaired) electrons. The molecular weight excluding hydrogens is 270 g/mol. The lowest BCUT2D eigenvalue weighted by Crippen LogP contribution is -2.23. The summed E-state index contributed by atoms with van der Waals surface area (Å²) in [6.07, 6.45) is 0. The van der Waals surface area contributed by atoms with E-state index >= 15 is 0 Å². The Hall–Kier alpha value is -2.43. The average Bonchev–Trinajstić information content (AvgIpc) is 2.40. The van der Waals surface area contributed by atoms with E-state index in [0.29, 0.717) is 10.9 Å². The van der Waals surface area contributed by atoms with Crippen molar-refractivity contribution in [2.45, 2.75) is 33.2 Å². The van der Waals surface area contributed by atoms with Gasteiger partial charge >= 0.3 is 5.97 Å². The fourth-order valence-electron chi connectivity index (χ4n) is 2.42. The molecule has 0 unspecified atom stereocenters. The number of hydrogen-bond donors (Lipinski definition) is 1. The second-order valence-electron chi connectivity index (χ2n) is 5.42. The maximum absolute atomic E-state index is 12.1. The van der Waals surface area contributed by atoms with E-state index in [9.17, 15) is 19.5 Å². The van der Waals surface area contributed by atoms with Crippen molar-refractivity contribution >= 4 is 22.7 Å². The van der Waals surface area contributed by atoms with Crippen molar-refractivity contribution < 1.29 is 14.7 Å². The van der Waals surface area contributed by atoms with Crippen molar-refractivity contribution in [3.05, 3.63) is 45.7 Å². The quantitative estimate of drug-likeness (QED) is 0.936. The molecule has 21 heavy (non-hydrogen) atoms. The first-order chi connectivity index (χ1) is 9.81. The lowest BCUT2D eigenvalue weighted by Gasteiger charge is -2.16. The SMILES string of the molecule is CC(=O)Cn1c(=O)ccc2cc(C(=O)O)cc(C(C)C)c21. The van der Waals surface area contributed by atoms with E-state index in [1.807, 2.05) is 13.8 Å². The highest BCUT2D eigenvalue weighted by Crippen LogP contribution is 2.26. The number of carbonyl (C=O) groups is 2. The first kappa shape index (κ1) is 15.0. The Kier molecular flexibility index (Phi) is 3.93. The monoisotopic (exact) mass is 287 g/mol. The number of fused-ring (bicyclic) bond motifs is 1. The predicted molar refractivity (Wildman–Crippen MR) is 79.9 cm³/mol. The van der Waals surface area contributed by atoms with Crippen molar-refractivity contribution in [1.29, 1.82) is 0 Å². The summed E-state index contributed by atoms with van der Waals surface area (Å²) >= 11 is 0. The van der Waals surface area contributed by atoms with E-state index in [-0.39, 0.29) is 29.4 Å². The van der Waals surface area contributed by atoms with E-state index in [1.54, 1.807) is 12.1 Å². The molecule has 2 rings (SSSR count). The molecule has 5 heteroatoms. The maximum Gasteiger partial charge on any atom is 0.335 e. The largest absolute Gasteiger partial charge is 0.478 e. The van der Waals surface area contributed by atoms with Crippen molar-refractivity contribution in [1.82, 2.24) is 4.57 Å². The minimum Gasteiger partial charge on any atom is -0.478 e. The van der Waals surface area contributed by atoms with Gasteiger partial charge in [-0.1, -0.05) is 13.8 Å². The number of carbonyl (C=O) groups excluding carboxylic acids is 1. The third-order valence-corrected chi connectivity index (χ3v) is 3.36. The zero-order valence-corrected chi connectivity index (χ0v) is 12.2. The van der Waals surface area contributed by atoms with Gasteiger partial charge in [-0.3, -0.25) is 9.59 Å². The van der Waals surface area contributed by atoms with Crippen molar-refractivity contribution in [2.24, 2.45) is 0 Å². The summed E-state index contributed by atoms with van der Waals surface area (Å²) in [6.45, 7) is 5.26. The molecule has 2 aromatic rings. The van der Waals surface area contributed by atoms with Crippen LogP contribution in [0.3, 0.4) is 0 Å². The standard InChI is InChI=1S/C16H17NO4/c1-9(2)13-7-12(16(20)21)6-11-4-5-14(19)17(15(11)13)8-10(3)18/h4-7,9H,8H2,1-3H3,(H,20,21). The van der Waals surface area contributed by atoms with E-state index in [1.165, 1.54) is 23.6 Å². The number of Topliss-reactive ketones (excluding diaryl/α,β-unsaturated/α-hetero) is 1. The summed E-state index contributed by atoms with van der Waals surface area (Å²) in [7, 11) is 0. The fourth-order valence-corrected chi connectivity index (χ4v) is 2.42. The van der Waals surface area contributed by atoms with Crippen LogP contribution in [0.4, 0.5) is 0 Å². The molecule has 0 fully saturated rings. The lowest BCUT2D eigenvalue weighted by molar-refractivity contribution is -0.117. The minimum atomic E-state index is -1.01. The molecule has 5 nitrogen and oxygen atoms in total. The van der Waals surface area contributed by atoms with Crippen LogP contribution in [0.15, 0.2) is 29.1 Å². The minimum absolute atomic E-state index is 0.0116. The maximum atomic E-state index is 12.1. The molecule has 1 N–H and O–H groups in total. The Morgan fingerprint density at radius 2 is 1.90 bits per heavy atom. The van der Waals surface area contributed by atoms with Gasteiger partial charge < -0.3 is 9.67 Å². The number of aromatic nitrogens is 1. The third kappa shape index (κ3) is 2.86. The van der Waals surface area contributed by atoms with Gasteiger partial charge in [0.2, 0.25) is 0 Å². The molecule has 0 saturated carbocycles. The van der Waals surface area contributed by atoms with Crippen LogP contribution in [0.25, 0.3) is 10.9 Å². The molecule has 1 heterocycles. The van der Waals surface area contributed by atoms with Gasteiger partial charge in [0.1, 0.15) is 5.78 Å². The fraction of sp³-hybridized carbons (Fsp3) is 0.312. The molecule has 1 aromatic carbocycles. The third-order valence-electron chi connectivity index (χ3n) is 3.36. The van der Waals surface area contributed by atoms with Crippen LogP contribution in [-0.2, 0) is 11.3 Å². The number of carboxylic acid groups (broad SMARTS) is 1. The molecule has 0 atom stereocenters. The van der Waals surface area contributed by atoms with Gasteiger partial charge in [-0.25, -0.2) is 4.79 Å². The van der Waals surface area contributed by atoms with Crippen LogP contribution in [0.5, 0.6) is 0 Å². The molecule has 0 spiro atoms. The Balaban J connectivity index is 2.91. The van der Waals surface area contributed by atoms with Gasteiger partial charge in [0.25, 0.3) is 5.56 Å². The molecule has 0 aliphatic rings. The number of pyridine rings is 1. The van der Waals surface area contributed by atoms with Crippen LogP contribution in [0.2, 0.25) is 0 Å². The Morgan fingerprint density at radius 3 is 2.43 bits per heavy atom. The van der Waals surface area contributed by atoms with Crippen LogP contribution < -0.4 is 5.56 Å².